The fourth-order valence-corrected chi connectivity index (χ4v) is 2.13. The topological polar surface area (TPSA) is 71.3 Å². The molecular formula is C11H14N2O3. The number of aromatic nitrogens is 1. The van der Waals surface area contributed by atoms with Gasteiger partial charge in [-0.15, -0.1) is 0 Å². The summed E-state index contributed by atoms with van der Waals surface area (Å²) >= 11 is 0. The second-order valence-corrected chi connectivity index (χ2v) is 3.98. The number of ketones is 1. The van der Waals surface area contributed by atoms with Crippen LogP contribution in [-0.2, 0) is 17.8 Å². The molecule has 0 aliphatic carbocycles. The van der Waals surface area contributed by atoms with Crippen molar-refractivity contribution in [2.45, 2.75) is 26.3 Å². The molecule has 1 aromatic rings. The number of hydrogen-bond acceptors (Lipinski definition) is 3. The van der Waals surface area contributed by atoms with Crippen molar-refractivity contribution in [1.29, 1.82) is 0 Å². The predicted molar refractivity (Wildman–Crippen MR) is 58.9 cm³/mol. The number of carboxylic acids is 1. The van der Waals surface area contributed by atoms with Gasteiger partial charge >= 0.3 is 5.97 Å². The number of anilines is 1. The highest BCUT2D eigenvalue weighted by Gasteiger charge is 2.22. The highest BCUT2D eigenvalue weighted by Crippen LogP contribution is 2.26. The molecule has 16 heavy (non-hydrogen) atoms. The number of carbonyl (C=O) groups is 2. The van der Waals surface area contributed by atoms with E-state index < -0.39 is 5.97 Å². The van der Waals surface area contributed by atoms with Crippen LogP contribution in [0.1, 0.15) is 29.3 Å². The third-order valence-corrected chi connectivity index (χ3v) is 2.72. The van der Waals surface area contributed by atoms with Crippen molar-refractivity contribution >= 4 is 17.6 Å². The first kappa shape index (κ1) is 10.7. The normalized spacial score (nSPS) is 14.1. The van der Waals surface area contributed by atoms with Crippen LogP contribution in [0.4, 0.5) is 5.82 Å². The smallest absolute Gasteiger partial charge is 0.307 e. The minimum Gasteiger partial charge on any atom is -0.481 e. The Hall–Kier alpha value is -1.78. The van der Waals surface area contributed by atoms with E-state index in [2.05, 4.69) is 5.32 Å². The first-order valence-electron chi connectivity index (χ1n) is 5.28. The van der Waals surface area contributed by atoms with Crippen LogP contribution in [0.2, 0.25) is 0 Å². The van der Waals surface area contributed by atoms with Crippen LogP contribution >= 0.6 is 0 Å². The molecule has 1 aliphatic rings. The van der Waals surface area contributed by atoms with E-state index in [1.54, 1.807) is 6.20 Å². The van der Waals surface area contributed by atoms with Crippen LogP contribution < -0.4 is 5.32 Å². The zero-order valence-corrected chi connectivity index (χ0v) is 9.12. The number of aliphatic carboxylic acids is 1. The van der Waals surface area contributed by atoms with E-state index in [0.29, 0.717) is 11.1 Å². The van der Waals surface area contributed by atoms with Crippen molar-refractivity contribution < 1.29 is 14.7 Å². The average Bonchev–Trinajstić information content (AvgIpc) is 2.53. The number of rotatable bonds is 3. The lowest BCUT2D eigenvalue weighted by Gasteiger charge is -2.17. The fourth-order valence-electron chi connectivity index (χ4n) is 2.13. The molecule has 0 saturated heterocycles. The molecule has 0 atom stereocenters. The summed E-state index contributed by atoms with van der Waals surface area (Å²) in [6, 6.07) is 0. The summed E-state index contributed by atoms with van der Waals surface area (Å²) in [5.74, 6) is -0.222. The molecule has 2 heterocycles. The Balaban J connectivity index is 2.47. The van der Waals surface area contributed by atoms with Crippen molar-refractivity contribution in [3.63, 3.8) is 0 Å². The Morgan fingerprint density at radius 3 is 2.94 bits per heavy atom. The maximum atomic E-state index is 11.5. The first-order valence-corrected chi connectivity index (χ1v) is 5.28. The Morgan fingerprint density at radius 1 is 1.56 bits per heavy atom. The molecule has 86 valence electrons. The van der Waals surface area contributed by atoms with Crippen LogP contribution in [0.15, 0.2) is 6.20 Å². The molecule has 5 heteroatoms. The minimum atomic E-state index is -0.912. The Labute approximate surface area is 93.1 Å². The number of aryl methyl sites for hydroxylation is 1. The monoisotopic (exact) mass is 222 g/mol. The first-order chi connectivity index (χ1) is 7.59. The Kier molecular flexibility index (Phi) is 2.68. The Bertz CT molecular complexity index is 448. The third kappa shape index (κ3) is 1.80. The molecule has 0 spiro atoms. The van der Waals surface area contributed by atoms with Gasteiger partial charge in [0.2, 0.25) is 0 Å². The molecule has 2 N–H and O–H groups in total. The number of carbonyl (C=O) groups excluding carboxylic acids is 1. The minimum absolute atomic E-state index is 0.0839. The standard InChI is InChI=1S/C11H14N2O3/c1-7(14)10-8(5-9(15)16)6-13-4-2-3-12-11(10)13/h6,12H,2-5H2,1H3,(H,15,16). The van der Waals surface area contributed by atoms with Crippen LogP contribution in [0.3, 0.4) is 0 Å². The lowest BCUT2D eigenvalue weighted by molar-refractivity contribution is -0.136. The molecule has 5 nitrogen and oxygen atoms in total. The molecule has 0 amide bonds. The van der Waals surface area contributed by atoms with Crippen molar-refractivity contribution in [2.24, 2.45) is 0 Å². The van der Waals surface area contributed by atoms with Gasteiger partial charge in [-0.25, -0.2) is 0 Å². The Morgan fingerprint density at radius 2 is 2.31 bits per heavy atom. The van der Waals surface area contributed by atoms with Gasteiger partial charge in [-0.1, -0.05) is 0 Å². The summed E-state index contributed by atoms with van der Waals surface area (Å²) in [6.45, 7) is 3.14. The van der Waals surface area contributed by atoms with Gasteiger partial charge in [0.25, 0.3) is 0 Å². The number of Topliss-reactive ketones (excluding diaryl/α,β-unsaturated/α-hetero) is 1. The molecule has 1 aliphatic heterocycles. The van der Waals surface area contributed by atoms with Gasteiger partial charge in [0.05, 0.1) is 12.0 Å². The quantitative estimate of drug-likeness (QED) is 0.752. The third-order valence-electron chi connectivity index (χ3n) is 2.72. The van der Waals surface area contributed by atoms with E-state index in [4.69, 9.17) is 5.11 Å². The van der Waals surface area contributed by atoms with Gasteiger partial charge < -0.3 is 15.0 Å². The second-order valence-electron chi connectivity index (χ2n) is 3.98. The van der Waals surface area contributed by atoms with E-state index in [1.165, 1.54) is 6.92 Å². The zero-order chi connectivity index (χ0) is 11.7. The highest BCUT2D eigenvalue weighted by atomic mass is 16.4. The number of carboxylic acid groups (broad SMARTS) is 1. The van der Waals surface area contributed by atoms with Gasteiger partial charge in [-0.2, -0.15) is 0 Å². The molecular weight excluding hydrogens is 208 g/mol. The van der Waals surface area contributed by atoms with Gasteiger partial charge in [0.15, 0.2) is 5.78 Å². The van der Waals surface area contributed by atoms with E-state index in [-0.39, 0.29) is 12.2 Å². The number of hydrogen-bond donors (Lipinski definition) is 2. The summed E-state index contributed by atoms with van der Waals surface area (Å²) < 4.78 is 1.93. The van der Waals surface area contributed by atoms with Crippen LogP contribution in [0.5, 0.6) is 0 Å². The fraction of sp³-hybridized carbons (Fsp3) is 0.455. The van der Waals surface area contributed by atoms with E-state index >= 15 is 0 Å². The number of nitrogens with zero attached hydrogens (tertiary/aromatic N) is 1. The lowest BCUT2D eigenvalue weighted by atomic mass is 10.1. The molecule has 0 bridgehead atoms. The molecule has 0 radical (unpaired) electrons. The molecule has 0 fully saturated rings. The number of nitrogens with one attached hydrogen (secondary N) is 1. The van der Waals surface area contributed by atoms with Gasteiger partial charge in [0, 0.05) is 19.3 Å². The van der Waals surface area contributed by atoms with E-state index in [9.17, 15) is 9.59 Å². The van der Waals surface area contributed by atoms with Crippen LogP contribution in [0.25, 0.3) is 0 Å². The summed E-state index contributed by atoms with van der Waals surface area (Å²) in [4.78, 5) is 22.2. The maximum absolute atomic E-state index is 11.5. The van der Waals surface area contributed by atoms with Gasteiger partial charge in [-0.3, -0.25) is 9.59 Å². The highest BCUT2D eigenvalue weighted by molar-refractivity contribution is 6.01. The van der Waals surface area contributed by atoms with Crippen molar-refractivity contribution in [3.05, 3.63) is 17.3 Å². The predicted octanol–water partition coefficient (Wildman–Crippen LogP) is 1.13. The summed E-state index contributed by atoms with van der Waals surface area (Å²) in [6.07, 6.45) is 2.66. The van der Waals surface area contributed by atoms with Crippen LogP contribution in [0, 0.1) is 0 Å². The summed E-state index contributed by atoms with van der Waals surface area (Å²) in [7, 11) is 0. The molecule has 1 aromatic heterocycles. The second kappa shape index (κ2) is 4.00. The summed E-state index contributed by atoms with van der Waals surface area (Å²) in [5, 5.41) is 11.9. The van der Waals surface area contributed by atoms with E-state index in [1.807, 2.05) is 4.57 Å². The van der Waals surface area contributed by atoms with Crippen molar-refractivity contribution in [3.8, 4) is 0 Å². The molecule has 2 rings (SSSR count). The maximum Gasteiger partial charge on any atom is 0.307 e. The van der Waals surface area contributed by atoms with Crippen molar-refractivity contribution in [2.75, 3.05) is 11.9 Å². The van der Waals surface area contributed by atoms with Crippen LogP contribution in [-0.4, -0.2) is 28.0 Å². The van der Waals surface area contributed by atoms with E-state index in [0.717, 1.165) is 25.3 Å². The average molecular weight is 222 g/mol. The molecule has 0 unspecified atom stereocenters. The largest absolute Gasteiger partial charge is 0.481 e. The molecule has 0 saturated carbocycles. The van der Waals surface area contributed by atoms with Gasteiger partial charge in [-0.05, 0) is 18.9 Å². The molecule has 0 aromatic carbocycles. The zero-order valence-electron chi connectivity index (χ0n) is 9.12. The van der Waals surface area contributed by atoms with Crippen molar-refractivity contribution in [1.82, 2.24) is 4.57 Å². The van der Waals surface area contributed by atoms with Gasteiger partial charge in [0.1, 0.15) is 5.82 Å². The number of fused-ring (bicyclic) bond motifs is 1. The lowest BCUT2D eigenvalue weighted by Crippen LogP contribution is -2.17. The summed E-state index contributed by atoms with van der Waals surface area (Å²) in [5.41, 5.74) is 1.13. The SMILES string of the molecule is CC(=O)c1c(CC(=O)O)cn2c1NCCC2.